The second-order valence-electron chi connectivity index (χ2n) is 8.50. The van der Waals surface area contributed by atoms with Gasteiger partial charge in [0.05, 0.1) is 25.1 Å². The minimum atomic E-state index is 0.403. The van der Waals surface area contributed by atoms with Gasteiger partial charge in [-0.15, -0.1) is 0 Å². The van der Waals surface area contributed by atoms with Crippen molar-refractivity contribution in [2.24, 2.45) is 0 Å². The highest BCUT2D eigenvalue weighted by Gasteiger charge is 2.25. The van der Waals surface area contributed by atoms with Crippen molar-refractivity contribution in [2.75, 3.05) is 44.3 Å². The lowest BCUT2D eigenvalue weighted by atomic mass is 9.97. The van der Waals surface area contributed by atoms with E-state index in [2.05, 4.69) is 59.3 Å². The number of anilines is 1. The van der Waals surface area contributed by atoms with Gasteiger partial charge in [-0.3, -0.25) is 4.90 Å². The van der Waals surface area contributed by atoms with Gasteiger partial charge in [-0.1, -0.05) is 31.2 Å². The van der Waals surface area contributed by atoms with Crippen LogP contribution in [0.25, 0.3) is 5.65 Å². The third-order valence-corrected chi connectivity index (χ3v) is 6.42. The first-order valence-electron chi connectivity index (χ1n) is 11.3. The fourth-order valence-electron chi connectivity index (χ4n) is 4.62. The maximum Gasteiger partial charge on any atom is 0.156 e. The molecule has 2 aromatic heterocycles. The van der Waals surface area contributed by atoms with Crippen LogP contribution in [-0.2, 0) is 17.7 Å². The van der Waals surface area contributed by atoms with E-state index in [1.165, 1.54) is 29.7 Å². The standard InChI is InChI=1S/C24H31N5O/c1-2-19-5-7-20(8-6-19)16-27-11-3-4-21(17-27)24-25-23-10-9-22(18-29(23)26-24)28-12-14-30-15-13-28/h5-10,18,21H,2-4,11-17H2,1H3/t21-/m0/s1. The molecular weight excluding hydrogens is 374 g/mol. The topological polar surface area (TPSA) is 45.9 Å². The Balaban J connectivity index is 1.29. The van der Waals surface area contributed by atoms with Crippen LogP contribution in [0.5, 0.6) is 0 Å². The van der Waals surface area contributed by atoms with E-state index in [1.54, 1.807) is 0 Å². The molecule has 6 nitrogen and oxygen atoms in total. The van der Waals surface area contributed by atoms with E-state index in [-0.39, 0.29) is 0 Å². The molecule has 158 valence electrons. The van der Waals surface area contributed by atoms with E-state index < -0.39 is 0 Å². The van der Waals surface area contributed by atoms with Crippen LogP contribution in [0.1, 0.15) is 42.6 Å². The molecular formula is C24H31N5O. The van der Waals surface area contributed by atoms with Crippen LogP contribution in [0, 0.1) is 0 Å². The Morgan fingerprint density at radius 1 is 1.00 bits per heavy atom. The largest absolute Gasteiger partial charge is 0.378 e. The first-order chi connectivity index (χ1) is 14.8. The van der Waals surface area contributed by atoms with E-state index in [9.17, 15) is 0 Å². The number of nitrogens with zero attached hydrogens (tertiary/aromatic N) is 5. The Morgan fingerprint density at radius 3 is 2.60 bits per heavy atom. The van der Waals surface area contributed by atoms with Gasteiger partial charge in [0.1, 0.15) is 0 Å². The normalized spacial score (nSPS) is 20.7. The molecule has 6 heteroatoms. The number of hydrogen-bond acceptors (Lipinski definition) is 5. The number of rotatable bonds is 5. The van der Waals surface area contributed by atoms with Gasteiger partial charge in [0.25, 0.3) is 0 Å². The minimum absolute atomic E-state index is 0.403. The molecule has 0 unspecified atom stereocenters. The number of hydrogen-bond donors (Lipinski definition) is 0. The first-order valence-corrected chi connectivity index (χ1v) is 11.3. The summed E-state index contributed by atoms with van der Waals surface area (Å²) in [5.74, 6) is 1.39. The van der Waals surface area contributed by atoms with Crippen LogP contribution in [0.3, 0.4) is 0 Å². The van der Waals surface area contributed by atoms with E-state index >= 15 is 0 Å². The smallest absolute Gasteiger partial charge is 0.156 e. The molecule has 0 aliphatic carbocycles. The Bertz CT molecular complexity index is 977. The number of aryl methyl sites for hydroxylation is 1. The second kappa shape index (κ2) is 8.74. The van der Waals surface area contributed by atoms with Gasteiger partial charge in [0.15, 0.2) is 11.5 Å². The summed E-state index contributed by atoms with van der Waals surface area (Å²) in [7, 11) is 0. The zero-order valence-corrected chi connectivity index (χ0v) is 17.8. The molecule has 0 radical (unpaired) electrons. The maximum atomic E-state index is 5.48. The zero-order chi connectivity index (χ0) is 20.3. The average molecular weight is 406 g/mol. The van der Waals surface area contributed by atoms with Gasteiger partial charge in [-0.05, 0) is 49.1 Å². The summed E-state index contributed by atoms with van der Waals surface area (Å²) in [6.45, 7) is 8.85. The Morgan fingerprint density at radius 2 is 1.80 bits per heavy atom. The number of morpholine rings is 1. The van der Waals surface area contributed by atoms with Gasteiger partial charge in [-0.2, -0.15) is 5.10 Å². The molecule has 5 rings (SSSR count). The number of likely N-dealkylation sites (tertiary alicyclic amines) is 1. The molecule has 2 aliphatic heterocycles. The van der Waals surface area contributed by atoms with Crippen molar-refractivity contribution in [3.8, 4) is 0 Å². The Kier molecular flexibility index (Phi) is 5.69. The Labute approximate surface area is 178 Å². The molecule has 0 spiro atoms. The van der Waals surface area contributed by atoms with Crippen molar-refractivity contribution in [1.82, 2.24) is 19.5 Å². The summed E-state index contributed by atoms with van der Waals surface area (Å²) < 4.78 is 7.44. The summed E-state index contributed by atoms with van der Waals surface area (Å²) in [5, 5.41) is 4.88. The molecule has 1 aromatic carbocycles. The van der Waals surface area contributed by atoms with Crippen molar-refractivity contribution in [3.05, 3.63) is 59.5 Å². The second-order valence-corrected chi connectivity index (χ2v) is 8.50. The van der Waals surface area contributed by atoms with Crippen LogP contribution in [0.15, 0.2) is 42.6 Å². The van der Waals surface area contributed by atoms with Gasteiger partial charge in [-0.25, -0.2) is 9.50 Å². The molecule has 3 aromatic rings. The quantitative estimate of drug-likeness (QED) is 0.650. The lowest BCUT2D eigenvalue weighted by Gasteiger charge is -2.31. The number of aromatic nitrogens is 3. The molecule has 0 N–H and O–H groups in total. The SMILES string of the molecule is CCc1ccc(CN2CCC[C@H](c3nc4ccc(N5CCOCC5)cn4n3)C2)cc1. The van der Waals surface area contributed by atoms with E-state index in [1.807, 2.05) is 4.52 Å². The minimum Gasteiger partial charge on any atom is -0.378 e. The zero-order valence-electron chi connectivity index (χ0n) is 17.8. The molecule has 0 saturated carbocycles. The molecule has 2 saturated heterocycles. The molecule has 4 heterocycles. The van der Waals surface area contributed by atoms with Crippen LogP contribution in [0.2, 0.25) is 0 Å². The molecule has 2 aliphatic rings. The summed E-state index contributed by atoms with van der Waals surface area (Å²) >= 11 is 0. The number of piperidine rings is 1. The summed E-state index contributed by atoms with van der Waals surface area (Å²) in [5.41, 5.74) is 4.93. The summed E-state index contributed by atoms with van der Waals surface area (Å²) in [4.78, 5) is 9.78. The Hall–Kier alpha value is -2.44. The van der Waals surface area contributed by atoms with Gasteiger partial charge in [0.2, 0.25) is 0 Å². The van der Waals surface area contributed by atoms with Crippen LogP contribution in [-0.4, -0.2) is 58.9 Å². The fourth-order valence-corrected chi connectivity index (χ4v) is 4.62. The monoisotopic (exact) mass is 405 g/mol. The number of ether oxygens (including phenoxy) is 1. The number of benzene rings is 1. The highest BCUT2D eigenvalue weighted by atomic mass is 16.5. The maximum absolute atomic E-state index is 5.48. The van der Waals surface area contributed by atoms with E-state index in [4.69, 9.17) is 14.8 Å². The van der Waals surface area contributed by atoms with Crippen LogP contribution >= 0.6 is 0 Å². The highest BCUT2D eigenvalue weighted by molar-refractivity contribution is 5.51. The van der Waals surface area contributed by atoms with Crippen molar-refractivity contribution >= 4 is 11.3 Å². The van der Waals surface area contributed by atoms with Gasteiger partial charge >= 0.3 is 0 Å². The number of pyridine rings is 1. The van der Waals surface area contributed by atoms with Crippen molar-refractivity contribution in [1.29, 1.82) is 0 Å². The average Bonchev–Trinajstić information content (AvgIpc) is 3.24. The number of fused-ring (bicyclic) bond motifs is 1. The van der Waals surface area contributed by atoms with Crippen LogP contribution in [0.4, 0.5) is 5.69 Å². The highest BCUT2D eigenvalue weighted by Crippen LogP contribution is 2.27. The molecule has 0 amide bonds. The van der Waals surface area contributed by atoms with Gasteiger partial charge in [0, 0.05) is 32.1 Å². The van der Waals surface area contributed by atoms with Gasteiger partial charge < -0.3 is 9.64 Å². The van der Waals surface area contributed by atoms with Crippen molar-refractivity contribution in [2.45, 2.75) is 38.6 Å². The molecule has 1 atom stereocenters. The summed E-state index contributed by atoms with van der Waals surface area (Å²) in [6.07, 6.45) is 5.58. The fraction of sp³-hybridized carbons (Fsp3) is 0.500. The molecule has 30 heavy (non-hydrogen) atoms. The van der Waals surface area contributed by atoms with Crippen molar-refractivity contribution < 1.29 is 4.74 Å². The third-order valence-electron chi connectivity index (χ3n) is 6.42. The predicted octanol–water partition coefficient (Wildman–Crippen LogP) is 3.51. The van der Waals surface area contributed by atoms with E-state index in [0.29, 0.717) is 5.92 Å². The lowest BCUT2D eigenvalue weighted by Crippen LogP contribution is -2.36. The van der Waals surface area contributed by atoms with E-state index in [0.717, 1.165) is 63.8 Å². The first kappa shape index (κ1) is 19.5. The molecule has 2 fully saturated rings. The third kappa shape index (κ3) is 4.20. The molecule has 0 bridgehead atoms. The van der Waals surface area contributed by atoms with Crippen LogP contribution < -0.4 is 4.90 Å². The summed E-state index contributed by atoms with van der Waals surface area (Å²) in [6, 6.07) is 13.3. The van der Waals surface area contributed by atoms with Crippen molar-refractivity contribution in [3.63, 3.8) is 0 Å². The predicted molar refractivity (Wildman–Crippen MR) is 119 cm³/mol. The lowest BCUT2D eigenvalue weighted by molar-refractivity contribution is 0.122.